The number of aliphatic hydroxyl groups excluding tert-OH is 1. The Morgan fingerprint density at radius 1 is 0.714 bits per heavy atom. The number of hydrogen-bond donors (Lipinski definition) is 2. The Bertz CT molecular complexity index is 374. The molecule has 0 aliphatic carbocycles. The number of aliphatic hydroxyl groups is 1. The van der Waals surface area contributed by atoms with Crippen molar-refractivity contribution in [3.05, 3.63) is 0 Å². The highest BCUT2D eigenvalue weighted by Gasteiger charge is 2.17. The Labute approximate surface area is 172 Å². The van der Waals surface area contributed by atoms with Gasteiger partial charge < -0.3 is 15.6 Å². The summed E-state index contributed by atoms with van der Waals surface area (Å²) in [6, 6.07) is -1.13. The van der Waals surface area contributed by atoms with Gasteiger partial charge in [0, 0.05) is 6.42 Å². The van der Waals surface area contributed by atoms with Crippen LogP contribution in [0.4, 0.5) is 0 Å². The van der Waals surface area contributed by atoms with Gasteiger partial charge in [-0.15, -0.1) is 0 Å². The molecule has 28 heavy (non-hydrogen) atoms. The number of esters is 2. The van der Waals surface area contributed by atoms with Gasteiger partial charge in [-0.3, -0.25) is 4.79 Å². The minimum absolute atomic E-state index is 0.239. The van der Waals surface area contributed by atoms with E-state index in [9.17, 15) is 9.59 Å². The molecule has 0 amide bonds. The number of unbranched alkanes of at least 4 members (excludes halogenated alkanes) is 16. The molecule has 0 unspecified atom stereocenters. The van der Waals surface area contributed by atoms with E-state index < -0.39 is 24.6 Å². The van der Waals surface area contributed by atoms with E-state index in [0.29, 0.717) is 0 Å². The summed E-state index contributed by atoms with van der Waals surface area (Å²) in [4.78, 5) is 22.7. The van der Waals surface area contributed by atoms with Crippen molar-refractivity contribution in [2.75, 3.05) is 6.61 Å². The molecular weight excluding hydrogens is 354 g/mol. The Morgan fingerprint density at radius 2 is 1.07 bits per heavy atom. The Hall–Kier alpha value is -0.940. The van der Waals surface area contributed by atoms with E-state index in [1.807, 2.05) is 0 Å². The molecule has 3 N–H and O–H groups in total. The standard InChI is InChI=1S/C23H45NO4/c1-2-3-4-5-6-7-8-9-10-11-12-13-14-15-16-17-18-19-22(26)28-23(27)21(24)20-25/h21,25H,2-20,24H2,1H3/t21-/m0/s1. The lowest BCUT2D eigenvalue weighted by Gasteiger charge is -2.07. The third-order valence-corrected chi connectivity index (χ3v) is 5.20. The van der Waals surface area contributed by atoms with Crippen LogP contribution in [-0.4, -0.2) is 29.7 Å². The third-order valence-electron chi connectivity index (χ3n) is 5.20. The minimum atomic E-state index is -1.13. The lowest BCUT2D eigenvalue weighted by molar-refractivity contribution is -0.161. The molecule has 5 nitrogen and oxygen atoms in total. The average Bonchev–Trinajstić information content (AvgIpc) is 2.69. The number of carbonyl (C=O) groups excluding carboxylic acids is 2. The van der Waals surface area contributed by atoms with Gasteiger partial charge in [0.2, 0.25) is 0 Å². The van der Waals surface area contributed by atoms with Crippen LogP contribution in [-0.2, 0) is 14.3 Å². The zero-order chi connectivity index (χ0) is 20.9. The van der Waals surface area contributed by atoms with Crippen LogP contribution in [0.1, 0.15) is 122 Å². The van der Waals surface area contributed by atoms with Gasteiger partial charge in [0.05, 0.1) is 6.61 Å². The summed E-state index contributed by atoms with van der Waals surface area (Å²) in [5.74, 6) is -1.39. The predicted molar refractivity (Wildman–Crippen MR) is 115 cm³/mol. The fraction of sp³-hybridized carbons (Fsp3) is 0.913. The molecule has 0 aliphatic rings. The van der Waals surface area contributed by atoms with E-state index in [-0.39, 0.29) is 6.42 Å². The largest absolute Gasteiger partial charge is 0.394 e. The van der Waals surface area contributed by atoms with E-state index in [1.54, 1.807) is 0 Å². The first-order valence-electron chi connectivity index (χ1n) is 11.7. The van der Waals surface area contributed by atoms with Crippen molar-refractivity contribution >= 4 is 11.9 Å². The third kappa shape index (κ3) is 18.4. The van der Waals surface area contributed by atoms with Crippen molar-refractivity contribution in [3.63, 3.8) is 0 Å². The van der Waals surface area contributed by atoms with Crippen molar-refractivity contribution in [1.82, 2.24) is 0 Å². The number of nitrogens with two attached hydrogens (primary N) is 1. The van der Waals surface area contributed by atoms with Gasteiger partial charge in [-0.2, -0.15) is 0 Å². The molecule has 0 radical (unpaired) electrons. The first kappa shape index (κ1) is 27.1. The predicted octanol–water partition coefficient (Wildman–Crippen LogP) is 5.42. The van der Waals surface area contributed by atoms with E-state index in [0.717, 1.165) is 19.3 Å². The van der Waals surface area contributed by atoms with Gasteiger partial charge in [-0.25, -0.2) is 4.79 Å². The van der Waals surface area contributed by atoms with Crippen LogP contribution >= 0.6 is 0 Å². The molecule has 0 aromatic rings. The summed E-state index contributed by atoms with van der Waals surface area (Å²) in [6.07, 6.45) is 22.2. The van der Waals surface area contributed by atoms with Crippen LogP contribution in [0.15, 0.2) is 0 Å². The van der Waals surface area contributed by atoms with Gasteiger partial charge in [0.1, 0.15) is 6.04 Å². The normalized spacial score (nSPS) is 12.1. The summed E-state index contributed by atoms with van der Waals surface area (Å²) >= 11 is 0. The molecule has 0 aliphatic heterocycles. The van der Waals surface area contributed by atoms with Gasteiger partial charge in [-0.1, -0.05) is 110 Å². The summed E-state index contributed by atoms with van der Waals surface area (Å²) in [5, 5.41) is 8.71. The zero-order valence-corrected chi connectivity index (χ0v) is 18.3. The lowest BCUT2D eigenvalue weighted by Crippen LogP contribution is -2.36. The SMILES string of the molecule is CCCCCCCCCCCCCCCCCCCC(=O)OC(=O)[C@@H](N)CO. The zero-order valence-electron chi connectivity index (χ0n) is 18.3. The quantitative estimate of drug-likeness (QED) is 0.162. The number of carbonyl (C=O) groups is 2. The molecule has 0 rings (SSSR count). The molecule has 0 aromatic carbocycles. The van der Waals surface area contributed by atoms with E-state index in [1.165, 1.54) is 89.9 Å². The maximum atomic E-state index is 11.5. The smallest absolute Gasteiger partial charge is 0.332 e. The molecule has 0 saturated heterocycles. The molecule has 0 fully saturated rings. The molecule has 1 atom stereocenters. The van der Waals surface area contributed by atoms with Crippen molar-refractivity contribution in [3.8, 4) is 0 Å². The summed E-state index contributed by atoms with van der Waals surface area (Å²) in [6.45, 7) is 1.76. The van der Waals surface area contributed by atoms with Crippen LogP contribution in [0.3, 0.4) is 0 Å². The second-order valence-electron chi connectivity index (χ2n) is 7.99. The van der Waals surface area contributed by atoms with E-state index >= 15 is 0 Å². The van der Waals surface area contributed by atoms with E-state index in [4.69, 9.17) is 10.8 Å². The molecule has 0 bridgehead atoms. The van der Waals surface area contributed by atoms with Crippen LogP contribution in [0.25, 0.3) is 0 Å². The number of rotatable bonds is 20. The first-order chi connectivity index (χ1) is 13.6. The Kier molecular flexibility index (Phi) is 20.1. The molecule has 0 saturated carbocycles. The maximum absolute atomic E-state index is 11.5. The summed E-state index contributed by atoms with van der Waals surface area (Å²) < 4.78 is 4.57. The van der Waals surface area contributed by atoms with E-state index in [2.05, 4.69) is 11.7 Å². The van der Waals surface area contributed by atoms with Gasteiger partial charge in [0.25, 0.3) is 0 Å². The second-order valence-corrected chi connectivity index (χ2v) is 7.99. The van der Waals surface area contributed by atoms with Crippen molar-refractivity contribution < 1.29 is 19.4 Å². The molecule has 0 spiro atoms. The first-order valence-corrected chi connectivity index (χ1v) is 11.7. The van der Waals surface area contributed by atoms with Crippen LogP contribution in [0.2, 0.25) is 0 Å². The minimum Gasteiger partial charge on any atom is -0.394 e. The number of hydrogen-bond acceptors (Lipinski definition) is 5. The fourth-order valence-corrected chi connectivity index (χ4v) is 3.31. The van der Waals surface area contributed by atoms with Crippen LogP contribution in [0, 0.1) is 0 Å². The molecule has 166 valence electrons. The lowest BCUT2D eigenvalue weighted by atomic mass is 10.0. The highest BCUT2D eigenvalue weighted by Crippen LogP contribution is 2.14. The van der Waals surface area contributed by atoms with Crippen LogP contribution < -0.4 is 5.73 Å². The highest BCUT2D eigenvalue weighted by molar-refractivity contribution is 5.88. The van der Waals surface area contributed by atoms with Gasteiger partial charge in [-0.05, 0) is 6.42 Å². The van der Waals surface area contributed by atoms with Crippen LogP contribution in [0.5, 0.6) is 0 Å². The monoisotopic (exact) mass is 399 g/mol. The fourth-order valence-electron chi connectivity index (χ4n) is 3.31. The van der Waals surface area contributed by atoms with Crippen molar-refractivity contribution in [2.45, 2.75) is 129 Å². The molecular formula is C23H45NO4. The second kappa shape index (κ2) is 20.8. The average molecular weight is 400 g/mol. The summed E-state index contributed by atoms with van der Waals surface area (Å²) in [7, 11) is 0. The molecule has 5 heteroatoms. The number of ether oxygens (including phenoxy) is 1. The molecule has 0 aromatic heterocycles. The molecule has 0 heterocycles. The van der Waals surface area contributed by atoms with Gasteiger partial charge in [0.15, 0.2) is 0 Å². The highest BCUT2D eigenvalue weighted by atomic mass is 16.6. The van der Waals surface area contributed by atoms with Crippen molar-refractivity contribution in [2.24, 2.45) is 5.73 Å². The Morgan fingerprint density at radius 3 is 1.43 bits per heavy atom. The van der Waals surface area contributed by atoms with Gasteiger partial charge >= 0.3 is 11.9 Å². The maximum Gasteiger partial charge on any atom is 0.332 e. The summed E-state index contributed by atoms with van der Waals surface area (Å²) in [5.41, 5.74) is 5.28. The van der Waals surface area contributed by atoms with Crippen molar-refractivity contribution in [1.29, 1.82) is 0 Å². The Balaban J connectivity index is 3.21. The topological polar surface area (TPSA) is 89.6 Å².